The minimum atomic E-state index is -1.08. The van der Waals surface area contributed by atoms with Crippen molar-refractivity contribution in [3.63, 3.8) is 0 Å². The summed E-state index contributed by atoms with van der Waals surface area (Å²) in [4.78, 5) is 27.6. The summed E-state index contributed by atoms with van der Waals surface area (Å²) in [6, 6.07) is -0.995. The Kier molecular flexibility index (Phi) is 7.61. The van der Waals surface area contributed by atoms with Crippen LogP contribution in [0.5, 0.6) is 0 Å². The Morgan fingerprint density at radius 1 is 1.00 bits per heavy atom. The molecule has 8 heteroatoms. The van der Waals surface area contributed by atoms with Gasteiger partial charge in [0.1, 0.15) is 6.04 Å². The van der Waals surface area contributed by atoms with E-state index in [1.54, 1.807) is 0 Å². The molecule has 5 atom stereocenters. The predicted molar refractivity (Wildman–Crippen MR) is 110 cm³/mol. The molecule has 3 saturated carbocycles. The van der Waals surface area contributed by atoms with Gasteiger partial charge in [0.15, 0.2) is 5.96 Å². The van der Waals surface area contributed by atoms with Crippen LogP contribution in [0, 0.1) is 29.6 Å². The van der Waals surface area contributed by atoms with Gasteiger partial charge in [-0.1, -0.05) is 25.7 Å². The summed E-state index contributed by atoms with van der Waals surface area (Å²) in [5, 5.41) is 11.9. The first-order valence-corrected chi connectivity index (χ1v) is 11.2. The number of aliphatic imine (C=N–C) groups is 1. The molecular formula is C21H36N4O4. The largest absolute Gasteiger partial charge is 0.480 e. The second kappa shape index (κ2) is 10.2. The molecule has 1 amide bonds. The van der Waals surface area contributed by atoms with Crippen molar-refractivity contribution in [3.05, 3.63) is 0 Å². The number of aliphatic carboxylic acids is 1. The molecule has 5 unspecified atom stereocenters. The second-order valence-corrected chi connectivity index (χ2v) is 8.97. The monoisotopic (exact) mass is 408 g/mol. The molecule has 0 aromatic carbocycles. The zero-order valence-corrected chi connectivity index (χ0v) is 17.2. The fourth-order valence-electron chi connectivity index (χ4n) is 6.18. The van der Waals surface area contributed by atoms with E-state index in [2.05, 4.69) is 10.3 Å². The molecule has 8 nitrogen and oxygen atoms in total. The third-order valence-corrected chi connectivity index (χ3v) is 7.34. The first kappa shape index (κ1) is 21.7. The Morgan fingerprint density at radius 3 is 2.07 bits per heavy atom. The number of guanidine groups is 1. The summed E-state index contributed by atoms with van der Waals surface area (Å²) in [6.07, 6.45) is 10.4. The molecular weight excluding hydrogens is 372 g/mol. The summed E-state index contributed by atoms with van der Waals surface area (Å²) in [5.41, 5.74) is 10.5. The Hall–Kier alpha value is -1.99. The van der Waals surface area contributed by atoms with Crippen molar-refractivity contribution in [2.24, 2.45) is 46.0 Å². The highest BCUT2D eigenvalue weighted by Crippen LogP contribution is 2.57. The number of alkyl carbamates (subject to hydrolysis) is 1. The Morgan fingerprint density at radius 2 is 1.55 bits per heavy atom. The van der Waals surface area contributed by atoms with Gasteiger partial charge in [0, 0.05) is 6.54 Å². The molecule has 29 heavy (non-hydrogen) atoms. The molecule has 3 aliphatic carbocycles. The van der Waals surface area contributed by atoms with Gasteiger partial charge < -0.3 is 26.6 Å². The minimum Gasteiger partial charge on any atom is -0.480 e. The second-order valence-electron chi connectivity index (χ2n) is 8.97. The number of carbonyl (C=O) groups excluding carboxylic acids is 1. The maximum Gasteiger partial charge on any atom is 0.407 e. The molecule has 6 N–H and O–H groups in total. The number of amides is 1. The zero-order chi connectivity index (χ0) is 20.8. The van der Waals surface area contributed by atoms with E-state index in [1.807, 2.05) is 0 Å². The lowest BCUT2D eigenvalue weighted by Gasteiger charge is -2.32. The normalized spacial score (nSPS) is 31.8. The third kappa shape index (κ3) is 5.54. The van der Waals surface area contributed by atoms with E-state index in [0.29, 0.717) is 37.3 Å². The first-order chi connectivity index (χ1) is 14.0. The van der Waals surface area contributed by atoms with E-state index in [1.165, 1.54) is 51.4 Å². The van der Waals surface area contributed by atoms with Gasteiger partial charge in [0.2, 0.25) is 0 Å². The Bertz CT molecular complexity index is 585. The highest BCUT2D eigenvalue weighted by molar-refractivity contribution is 5.79. The predicted octanol–water partition coefficient (Wildman–Crippen LogP) is 2.46. The molecule has 0 saturated heterocycles. The number of nitrogens with one attached hydrogen (secondary N) is 1. The lowest BCUT2D eigenvalue weighted by atomic mass is 9.73. The molecule has 0 heterocycles. The van der Waals surface area contributed by atoms with Crippen molar-refractivity contribution < 1.29 is 19.4 Å². The number of nitrogens with zero attached hydrogens (tertiary/aromatic N) is 1. The highest BCUT2D eigenvalue weighted by Gasteiger charge is 2.51. The van der Waals surface area contributed by atoms with Crippen LogP contribution in [-0.2, 0) is 9.53 Å². The minimum absolute atomic E-state index is 0.0251. The van der Waals surface area contributed by atoms with Crippen LogP contribution in [0.4, 0.5) is 4.79 Å². The fourth-order valence-corrected chi connectivity index (χ4v) is 6.18. The van der Waals surface area contributed by atoms with E-state index in [-0.39, 0.29) is 12.4 Å². The molecule has 3 aliphatic rings. The maximum absolute atomic E-state index is 12.3. The van der Waals surface area contributed by atoms with Crippen molar-refractivity contribution in [1.82, 2.24) is 5.32 Å². The van der Waals surface area contributed by atoms with Gasteiger partial charge in [-0.15, -0.1) is 0 Å². The maximum atomic E-state index is 12.3. The van der Waals surface area contributed by atoms with E-state index in [4.69, 9.17) is 16.2 Å². The van der Waals surface area contributed by atoms with Gasteiger partial charge >= 0.3 is 12.1 Å². The number of ether oxygens (including phenoxy) is 1. The number of carboxylic acids is 1. The SMILES string of the molecule is NC(N)=NCCCC(NC(=O)OCC1C2CCCCC2C2CCCCC21)C(=O)O. The van der Waals surface area contributed by atoms with Crippen LogP contribution in [0.3, 0.4) is 0 Å². The van der Waals surface area contributed by atoms with Gasteiger partial charge in [0.25, 0.3) is 0 Å². The molecule has 0 radical (unpaired) electrons. The van der Waals surface area contributed by atoms with Crippen LogP contribution in [0.15, 0.2) is 4.99 Å². The van der Waals surface area contributed by atoms with Crippen LogP contribution < -0.4 is 16.8 Å². The number of carboxylic acid groups (broad SMARTS) is 1. The Labute approximate surface area is 172 Å². The van der Waals surface area contributed by atoms with E-state index in [0.717, 1.165) is 11.8 Å². The lowest BCUT2D eigenvalue weighted by Crippen LogP contribution is -2.42. The van der Waals surface area contributed by atoms with E-state index >= 15 is 0 Å². The smallest absolute Gasteiger partial charge is 0.407 e. The standard InChI is InChI=1S/C21H36N4O4/c22-20(23)24-11-5-10-18(19(26)27)25-21(28)29-12-17-15-8-3-1-6-13(15)14-7-2-4-9-16(14)17/h13-18H,1-12H2,(H,25,28)(H,26,27)(H4,22,23,24). The van der Waals surface area contributed by atoms with Gasteiger partial charge in [0.05, 0.1) is 6.61 Å². The number of nitrogens with two attached hydrogens (primary N) is 2. The van der Waals surface area contributed by atoms with Crippen LogP contribution in [0.2, 0.25) is 0 Å². The summed E-state index contributed by atoms with van der Waals surface area (Å²) >= 11 is 0. The van der Waals surface area contributed by atoms with Crippen molar-refractivity contribution in [3.8, 4) is 0 Å². The van der Waals surface area contributed by atoms with Crippen molar-refractivity contribution in [1.29, 1.82) is 0 Å². The van der Waals surface area contributed by atoms with Crippen molar-refractivity contribution in [2.75, 3.05) is 13.2 Å². The number of hydrogen-bond acceptors (Lipinski definition) is 4. The van der Waals surface area contributed by atoms with Gasteiger partial charge in [-0.25, -0.2) is 9.59 Å². The molecule has 3 rings (SSSR count). The summed E-state index contributed by atoms with van der Waals surface area (Å²) in [6.45, 7) is 0.742. The highest BCUT2D eigenvalue weighted by atomic mass is 16.5. The molecule has 0 aromatic rings. The Balaban J connectivity index is 1.50. The average molecular weight is 409 g/mol. The number of hydrogen-bond donors (Lipinski definition) is 4. The van der Waals surface area contributed by atoms with Crippen LogP contribution in [0.1, 0.15) is 64.2 Å². The van der Waals surface area contributed by atoms with Gasteiger partial charge in [-0.3, -0.25) is 4.99 Å². The summed E-state index contributed by atoms with van der Waals surface area (Å²) in [5.74, 6) is 2.26. The number of carbonyl (C=O) groups is 2. The van der Waals surface area contributed by atoms with Crippen molar-refractivity contribution >= 4 is 18.0 Å². The molecule has 0 bridgehead atoms. The summed E-state index contributed by atoms with van der Waals surface area (Å²) < 4.78 is 5.57. The quantitative estimate of drug-likeness (QED) is 0.276. The number of fused-ring (bicyclic) bond motifs is 3. The van der Waals surface area contributed by atoms with Gasteiger partial charge in [-0.05, 0) is 68.1 Å². The average Bonchev–Trinajstić information content (AvgIpc) is 3.02. The molecule has 3 fully saturated rings. The lowest BCUT2D eigenvalue weighted by molar-refractivity contribution is -0.139. The first-order valence-electron chi connectivity index (χ1n) is 11.2. The zero-order valence-electron chi connectivity index (χ0n) is 17.2. The van der Waals surface area contributed by atoms with E-state index < -0.39 is 18.1 Å². The fraction of sp³-hybridized carbons (Fsp3) is 0.857. The van der Waals surface area contributed by atoms with E-state index in [9.17, 15) is 14.7 Å². The topological polar surface area (TPSA) is 140 Å². The van der Waals surface area contributed by atoms with Gasteiger partial charge in [-0.2, -0.15) is 0 Å². The van der Waals surface area contributed by atoms with Crippen LogP contribution in [0.25, 0.3) is 0 Å². The summed E-state index contributed by atoms with van der Waals surface area (Å²) in [7, 11) is 0. The van der Waals surface area contributed by atoms with Crippen LogP contribution in [-0.4, -0.2) is 42.3 Å². The van der Waals surface area contributed by atoms with Crippen LogP contribution >= 0.6 is 0 Å². The third-order valence-electron chi connectivity index (χ3n) is 7.34. The molecule has 164 valence electrons. The molecule has 0 aromatic heterocycles. The number of rotatable bonds is 8. The van der Waals surface area contributed by atoms with Crippen molar-refractivity contribution in [2.45, 2.75) is 70.3 Å². The molecule has 0 spiro atoms. The molecule has 0 aliphatic heterocycles.